The molecule has 1 atom stereocenters. The first-order chi connectivity index (χ1) is 10.2. The number of amides is 1. The van der Waals surface area contributed by atoms with Gasteiger partial charge in [0.05, 0.1) is 10.7 Å². The van der Waals surface area contributed by atoms with Gasteiger partial charge in [-0.05, 0) is 51.0 Å². The zero-order valence-corrected chi connectivity index (χ0v) is 14.6. The second-order valence-electron chi connectivity index (χ2n) is 5.64. The van der Waals surface area contributed by atoms with Crippen molar-refractivity contribution in [2.45, 2.75) is 19.3 Å². The summed E-state index contributed by atoms with van der Waals surface area (Å²) in [5, 5.41) is 6.70. The van der Waals surface area contributed by atoms with Crippen LogP contribution in [0.2, 0.25) is 5.02 Å². The number of nitrogens with one attached hydrogen (secondary N) is 2. The van der Waals surface area contributed by atoms with Gasteiger partial charge in [-0.1, -0.05) is 23.7 Å². The van der Waals surface area contributed by atoms with Gasteiger partial charge in [-0.3, -0.25) is 4.79 Å². The van der Waals surface area contributed by atoms with Crippen molar-refractivity contribution in [1.82, 2.24) is 10.2 Å². The molecule has 1 aromatic rings. The van der Waals surface area contributed by atoms with Gasteiger partial charge < -0.3 is 15.5 Å². The third-order valence-corrected chi connectivity index (χ3v) is 4.23. The van der Waals surface area contributed by atoms with Crippen LogP contribution in [-0.4, -0.2) is 44.0 Å². The molecule has 2 rings (SSSR count). The molecule has 6 heteroatoms. The second-order valence-corrected chi connectivity index (χ2v) is 6.05. The molecule has 0 saturated carbocycles. The number of para-hydroxylation sites is 1. The summed E-state index contributed by atoms with van der Waals surface area (Å²) in [6.45, 7) is 4.05. The number of benzene rings is 1. The van der Waals surface area contributed by atoms with Crippen LogP contribution in [0.15, 0.2) is 24.3 Å². The lowest BCUT2D eigenvalue weighted by molar-refractivity contribution is -0.116. The Bertz CT molecular complexity index is 468. The topological polar surface area (TPSA) is 44.4 Å². The number of hydrogen-bond donors (Lipinski definition) is 2. The zero-order valence-electron chi connectivity index (χ0n) is 13.0. The number of rotatable bonds is 6. The SMILES string of the molecule is CNCC1CCCN(CCC(=O)Nc2ccccc2Cl)C1.Cl. The smallest absolute Gasteiger partial charge is 0.225 e. The number of carbonyl (C=O) groups excluding carboxylic acids is 1. The minimum atomic E-state index is 0. The molecule has 1 heterocycles. The van der Waals surface area contributed by atoms with Crippen molar-refractivity contribution in [3.8, 4) is 0 Å². The van der Waals surface area contributed by atoms with Gasteiger partial charge in [0, 0.05) is 19.5 Å². The highest BCUT2D eigenvalue weighted by Gasteiger charge is 2.19. The number of anilines is 1. The van der Waals surface area contributed by atoms with Crippen LogP contribution in [0.5, 0.6) is 0 Å². The van der Waals surface area contributed by atoms with Crippen molar-refractivity contribution in [2.24, 2.45) is 5.92 Å². The molecule has 0 bridgehead atoms. The molecular formula is C16H25Cl2N3O. The lowest BCUT2D eigenvalue weighted by atomic mass is 9.98. The maximum atomic E-state index is 12.0. The molecular weight excluding hydrogens is 321 g/mol. The summed E-state index contributed by atoms with van der Waals surface area (Å²) in [6.07, 6.45) is 3.01. The van der Waals surface area contributed by atoms with Crippen LogP contribution in [0.25, 0.3) is 0 Å². The first-order valence-electron chi connectivity index (χ1n) is 7.60. The third-order valence-electron chi connectivity index (χ3n) is 3.90. The van der Waals surface area contributed by atoms with Gasteiger partial charge in [-0.2, -0.15) is 0 Å². The van der Waals surface area contributed by atoms with E-state index in [4.69, 9.17) is 11.6 Å². The van der Waals surface area contributed by atoms with E-state index in [1.54, 1.807) is 6.07 Å². The minimum absolute atomic E-state index is 0. The minimum Gasteiger partial charge on any atom is -0.325 e. The molecule has 124 valence electrons. The Morgan fingerprint density at radius 2 is 2.18 bits per heavy atom. The fourth-order valence-electron chi connectivity index (χ4n) is 2.84. The van der Waals surface area contributed by atoms with Crippen LogP contribution >= 0.6 is 24.0 Å². The first kappa shape index (κ1) is 19.2. The molecule has 1 fully saturated rings. The van der Waals surface area contributed by atoms with Crippen LogP contribution in [0.4, 0.5) is 5.69 Å². The number of hydrogen-bond acceptors (Lipinski definition) is 3. The Morgan fingerprint density at radius 1 is 1.41 bits per heavy atom. The molecule has 1 aromatic carbocycles. The molecule has 0 radical (unpaired) electrons. The van der Waals surface area contributed by atoms with Crippen molar-refractivity contribution in [3.63, 3.8) is 0 Å². The number of nitrogens with zero attached hydrogens (tertiary/aromatic N) is 1. The van der Waals surface area contributed by atoms with Crippen molar-refractivity contribution in [1.29, 1.82) is 0 Å². The monoisotopic (exact) mass is 345 g/mol. The van der Waals surface area contributed by atoms with Crippen LogP contribution < -0.4 is 10.6 Å². The van der Waals surface area contributed by atoms with Gasteiger partial charge >= 0.3 is 0 Å². The molecule has 1 saturated heterocycles. The number of carbonyl (C=O) groups is 1. The normalized spacial score (nSPS) is 18.5. The fraction of sp³-hybridized carbons (Fsp3) is 0.562. The maximum absolute atomic E-state index is 12.0. The van der Waals surface area contributed by atoms with E-state index in [-0.39, 0.29) is 18.3 Å². The Morgan fingerprint density at radius 3 is 2.91 bits per heavy atom. The van der Waals surface area contributed by atoms with Gasteiger partial charge in [-0.15, -0.1) is 12.4 Å². The van der Waals surface area contributed by atoms with Crippen molar-refractivity contribution in [3.05, 3.63) is 29.3 Å². The number of piperidine rings is 1. The van der Waals surface area contributed by atoms with Crippen molar-refractivity contribution in [2.75, 3.05) is 38.5 Å². The Kier molecular flexibility index (Phi) is 8.79. The molecule has 0 spiro atoms. The predicted molar refractivity (Wildman–Crippen MR) is 95.0 cm³/mol. The summed E-state index contributed by atoms with van der Waals surface area (Å²) in [5.41, 5.74) is 0.691. The predicted octanol–water partition coefficient (Wildman–Crippen LogP) is 3.02. The van der Waals surface area contributed by atoms with E-state index in [1.807, 2.05) is 25.2 Å². The van der Waals surface area contributed by atoms with Crippen LogP contribution in [0, 0.1) is 5.92 Å². The van der Waals surface area contributed by atoms with Gasteiger partial charge in [0.1, 0.15) is 0 Å². The highest BCUT2D eigenvalue weighted by Crippen LogP contribution is 2.21. The first-order valence-corrected chi connectivity index (χ1v) is 7.98. The van der Waals surface area contributed by atoms with E-state index < -0.39 is 0 Å². The van der Waals surface area contributed by atoms with E-state index in [9.17, 15) is 4.79 Å². The average molecular weight is 346 g/mol. The van der Waals surface area contributed by atoms with Gasteiger partial charge in [-0.25, -0.2) is 0 Å². The molecule has 22 heavy (non-hydrogen) atoms. The summed E-state index contributed by atoms with van der Waals surface area (Å²) in [5.74, 6) is 0.731. The standard InChI is InChI=1S/C16H24ClN3O.ClH/c1-18-11-13-5-4-9-20(12-13)10-8-16(21)19-15-7-3-2-6-14(15)17;/h2-3,6-7,13,18H,4-5,8-12H2,1H3,(H,19,21);1H. The number of halogens is 2. The van der Waals surface area contributed by atoms with Crippen LogP contribution in [0.3, 0.4) is 0 Å². The lowest BCUT2D eigenvalue weighted by Crippen LogP contribution is -2.40. The van der Waals surface area contributed by atoms with Crippen LogP contribution in [0.1, 0.15) is 19.3 Å². The molecule has 1 aliphatic rings. The van der Waals surface area contributed by atoms with E-state index in [1.165, 1.54) is 12.8 Å². The van der Waals surface area contributed by atoms with Crippen molar-refractivity contribution >= 4 is 35.6 Å². The molecule has 0 aromatic heterocycles. The Labute approximate surface area is 144 Å². The molecule has 1 aliphatic heterocycles. The van der Waals surface area contributed by atoms with Crippen LogP contribution in [-0.2, 0) is 4.79 Å². The fourth-order valence-corrected chi connectivity index (χ4v) is 3.03. The lowest BCUT2D eigenvalue weighted by Gasteiger charge is -2.32. The van der Waals surface area contributed by atoms with E-state index in [0.717, 1.165) is 26.2 Å². The highest BCUT2D eigenvalue weighted by atomic mass is 35.5. The van der Waals surface area contributed by atoms with Gasteiger partial charge in [0.25, 0.3) is 0 Å². The summed E-state index contributed by atoms with van der Waals surface area (Å²) in [6, 6.07) is 7.33. The average Bonchev–Trinajstić information content (AvgIpc) is 2.48. The molecule has 4 nitrogen and oxygen atoms in total. The third kappa shape index (κ3) is 6.13. The summed E-state index contributed by atoms with van der Waals surface area (Å²) < 4.78 is 0. The Balaban J connectivity index is 0.00000242. The van der Waals surface area contributed by atoms with E-state index in [0.29, 0.717) is 23.0 Å². The second kappa shape index (κ2) is 10.1. The molecule has 1 amide bonds. The zero-order chi connectivity index (χ0) is 15.1. The molecule has 1 unspecified atom stereocenters. The maximum Gasteiger partial charge on any atom is 0.225 e. The summed E-state index contributed by atoms with van der Waals surface area (Å²) >= 11 is 6.04. The molecule has 0 aliphatic carbocycles. The van der Waals surface area contributed by atoms with Gasteiger partial charge in [0.2, 0.25) is 5.91 Å². The van der Waals surface area contributed by atoms with E-state index in [2.05, 4.69) is 15.5 Å². The molecule has 2 N–H and O–H groups in total. The van der Waals surface area contributed by atoms with E-state index >= 15 is 0 Å². The van der Waals surface area contributed by atoms with Gasteiger partial charge in [0.15, 0.2) is 0 Å². The number of likely N-dealkylation sites (tertiary alicyclic amines) is 1. The Hall–Kier alpha value is -0.810. The summed E-state index contributed by atoms with van der Waals surface area (Å²) in [7, 11) is 2.00. The van der Waals surface area contributed by atoms with Crippen molar-refractivity contribution < 1.29 is 4.79 Å². The highest BCUT2D eigenvalue weighted by molar-refractivity contribution is 6.33. The largest absolute Gasteiger partial charge is 0.325 e. The summed E-state index contributed by atoms with van der Waals surface area (Å²) in [4.78, 5) is 14.4. The quantitative estimate of drug-likeness (QED) is 0.832.